The van der Waals surface area contributed by atoms with Gasteiger partial charge < -0.3 is 5.32 Å². The summed E-state index contributed by atoms with van der Waals surface area (Å²) in [7, 11) is 0. The predicted octanol–water partition coefficient (Wildman–Crippen LogP) is 3.81. The number of nitrogens with one attached hydrogen (secondary N) is 1. The van der Waals surface area contributed by atoms with Gasteiger partial charge in [-0.25, -0.2) is 0 Å². The van der Waals surface area contributed by atoms with Crippen molar-refractivity contribution in [2.45, 2.75) is 58.9 Å². The van der Waals surface area contributed by atoms with E-state index in [0.717, 1.165) is 18.8 Å². The van der Waals surface area contributed by atoms with Crippen LogP contribution in [0.5, 0.6) is 0 Å². The number of aromatic nitrogens is 1. The van der Waals surface area contributed by atoms with E-state index < -0.39 is 0 Å². The monoisotopic (exact) mass is 274 g/mol. The van der Waals surface area contributed by atoms with Crippen LogP contribution in [0.15, 0.2) is 24.4 Å². The summed E-state index contributed by atoms with van der Waals surface area (Å²) in [6.45, 7) is 6.92. The van der Waals surface area contributed by atoms with Gasteiger partial charge in [-0.05, 0) is 55.6 Å². The zero-order valence-electron chi connectivity index (χ0n) is 12.9. The molecule has 0 radical (unpaired) electrons. The third kappa shape index (κ3) is 4.62. The lowest BCUT2D eigenvalue weighted by atomic mass is 9.76. The molecule has 20 heavy (non-hydrogen) atoms. The van der Waals surface area contributed by atoms with Crippen LogP contribution in [0.25, 0.3) is 0 Å². The van der Waals surface area contributed by atoms with Crippen LogP contribution in [0.4, 0.5) is 0 Å². The smallest absolute Gasteiger partial charge is 0.270 e. The summed E-state index contributed by atoms with van der Waals surface area (Å²) in [6.07, 6.45) is 7.59. The third-order valence-corrected chi connectivity index (χ3v) is 3.98. The molecule has 2 rings (SSSR count). The zero-order valence-corrected chi connectivity index (χ0v) is 12.9. The summed E-state index contributed by atoms with van der Waals surface area (Å²) < 4.78 is 0. The molecule has 3 nitrogen and oxygen atoms in total. The Hall–Kier alpha value is -1.38. The van der Waals surface area contributed by atoms with E-state index in [1.807, 2.05) is 12.1 Å². The number of pyridine rings is 1. The van der Waals surface area contributed by atoms with Gasteiger partial charge in [-0.1, -0.05) is 26.8 Å². The number of rotatable bonds is 3. The lowest BCUT2D eigenvalue weighted by molar-refractivity contribution is 0.0912. The van der Waals surface area contributed by atoms with Crippen molar-refractivity contribution in [3.8, 4) is 0 Å². The van der Waals surface area contributed by atoms with Crippen molar-refractivity contribution in [1.29, 1.82) is 0 Å². The average Bonchev–Trinajstić information content (AvgIpc) is 2.40. The highest BCUT2D eigenvalue weighted by atomic mass is 16.1. The van der Waals surface area contributed by atoms with E-state index in [2.05, 4.69) is 31.1 Å². The van der Waals surface area contributed by atoms with E-state index in [0.29, 0.717) is 17.2 Å². The molecule has 1 amide bonds. The molecule has 1 saturated carbocycles. The standard InChI is InChI=1S/C17H26N2O/c1-17(2,3)12-13-7-9-14(10-8-13)19-16(20)15-6-4-5-11-18-15/h4-6,11,13-14H,7-10,12H2,1-3H3,(H,19,20). The van der Waals surface area contributed by atoms with Crippen LogP contribution in [0.1, 0.15) is 63.4 Å². The molecule has 1 aromatic rings. The molecule has 1 aliphatic carbocycles. The molecular formula is C17H26N2O. The van der Waals surface area contributed by atoms with Crippen molar-refractivity contribution in [2.24, 2.45) is 11.3 Å². The SMILES string of the molecule is CC(C)(C)CC1CCC(NC(=O)c2ccccn2)CC1. The molecule has 0 spiro atoms. The van der Waals surface area contributed by atoms with Gasteiger partial charge in [0, 0.05) is 12.2 Å². The van der Waals surface area contributed by atoms with Gasteiger partial charge in [0.15, 0.2) is 0 Å². The minimum atomic E-state index is -0.0372. The summed E-state index contributed by atoms with van der Waals surface area (Å²) in [4.78, 5) is 16.1. The normalized spacial score (nSPS) is 23.4. The molecule has 0 aliphatic heterocycles. The highest BCUT2D eigenvalue weighted by molar-refractivity contribution is 5.92. The van der Waals surface area contributed by atoms with Crippen LogP contribution in [-0.4, -0.2) is 16.9 Å². The largest absolute Gasteiger partial charge is 0.348 e. The van der Waals surface area contributed by atoms with E-state index in [1.165, 1.54) is 19.3 Å². The summed E-state index contributed by atoms with van der Waals surface area (Å²) in [5, 5.41) is 3.12. The summed E-state index contributed by atoms with van der Waals surface area (Å²) in [5.41, 5.74) is 0.929. The lowest BCUT2D eigenvalue weighted by Crippen LogP contribution is -2.38. The Bertz CT molecular complexity index is 428. The molecule has 1 heterocycles. The molecule has 0 saturated heterocycles. The van der Waals surface area contributed by atoms with E-state index >= 15 is 0 Å². The quantitative estimate of drug-likeness (QED) is 0.910. The molecule has 0 aromatic carbocycles. The molecule has 0 unspecified atom stereocenters. The van der Waals surface area contributed by atoms with Crippen molar-refractivity contribution < 1.29 is 4.79 Å². The van der Waals surface area contributed by atoms with Crippen molar-refractivity contribution >= 4 is 5.91 Å². The minimum absolute atomic E-state index is 0.0372. The van der Waals surface area contributed by atoms with Crippen molar-refractivity contribution in [3.63, 3.8) is 0 Å². The van der Waals surface area contributed by atoms with Crippen LogP contribution in [0, 0.1) is 11.3 Å². The first-order valence-corrected chi connectivity index (χ1v) is 7.66. The maximum Gasteiger partial charge on any atom is 0.270 e. The van der Waals surface area contributed by atoms with Crippen LogP contribution in [0.3, 0.4) is 0 Å². The second-order valence-electron chi connectivity index (χ2n) is 7.17. The Morgan fingerprint density at radius 3 is 2.50 bits per heavy atom. The number of carbonyl (C=O) groups is 1. The number of nitrogens with zero attached hydrogens (tertiary/aromatic N) is 1. The number of hydrogen-bond donors (Lipinski definition) is 1. The zero-order chi connectivity index (χ0) is 14.6. The minimum Gasteiger partial charge on any atom is -0.348 e. The molecule has 1 fully saturated rings. The first-order valence-electron chi connectivity index (χ1n) is 7.66. The van der Waals surface area contributed by atoms with E-state index in [-0.39, 0.29) is 5.91 Å². The number of amides is 1. The van der Waals surface area contributed by atoms with Gasteiger partial charge in [0.05, 0.1) is 0 Å². The van der Waals surface area contributed by atoms with E-state index in [9.17, 15) is 4.79 Å². The third-order valence-electron chi connectivity index (χ3n) is 3.98. The van der Waals surface area contributed by atoms with Crippen LogP contribution in [-0.2, 0) is 0 Å². The Morgan fingerprint density at radius 2 is 1.95 bits per heavy atom. The maximum atomic E-state index is 12.0. The molecule has 1 N–H and O–H groups in total. The first kappa shape index (κ1) is 15.0. The Labute approximate surface area is 122 Å². The average molecular weight is 274 g/mol. The van der Waals surface area contributed by atoms with Gasteiger partial charge >= 0.3 is 0 Å². The van der Waals surface area contributed by atoms with Crippen LogP contribution in [0.2, 0.25) is 0 Å². The Morgan fingerprint density at radius 1 is 1.25 bits per heavy atom. The fraction of sp³-hybridized carbons (Fsp3) is 0.647. The van der Waals surface area contributed by atoms with E-state index in [1.54, 1.807) is 12.3 Å². The molecule has 110 valence electrons. The fourth-order valence-corrected chi connectivity index (χ4v) is 3.13. The van der Waals surface area contributed by atoms with Gasteiger partial charge in [0.1, 0.15) is 5.69 Å². The van der Waals surface area contributed by atoms with Crippen LogP contribution < -0.4 is 5.32 Å². The van der Waals surface area contributed by atoms with Gasteiger partial charge in [-0.2, -0.15) is 0 Å². The first-order chi connectivity index (χ1) is 9.44. The molecule has 1 aromatic heterocycles. The van der Waals surface area contributed by atoms with Crippen molar-refractivity contribution in [3.05, 3.63) is 30.1 Å². The van der Waals surface area contributed by atoms with Gasteiger partial charge in [-0.15, -0.1) is 0 Å². The lowest BCUT2D eigenvalue weighted by Gasteiger charge is -2.32. The van der Waals surface area contributed by atoms with Crippen molar-refractivity contribution in [2.75, 3.05) is 0 Å². The summed E-state index contributed by atoms with van der Waals surface area (Å²) in [6, 6.07) is 5.76. The van der Waals surface area contributed by atoms with Crippen LogP contribution >= 0.6 is 0 Å². The highest BCUT2D eigenvalue weighted by Gasteiger charge is 2.26. The number of hydrogen-bond acceptors (Lipinski definition) is 2. The fourth-order valence-electron chi connectivity index (χ4n) is 3.13. The van der Waals surface area contributed by atoms with E-state index in [4.69, 9.17) is 0 Å². The molecule has 3 heteroatoms. The summed E-state index contributed by atoms with van der Waals surface area (Å²) >= 11 is 0. The molecule has 1 aliphatic rings. The van der Waals surface area contributed by atoms with Gasteiger partial charge in [0.2, 0.25) is 0 Å². The molecule has 0 bridgehead atoms. The van der Waals surface area contributed by atoms with Gasteiger partial charge in [0.25, 0.3) is 5.91 Å². The Balaban J connectivity index is 1.79. The second-order valence-corrected chi connectivity index (χ2v) is 7.17. The molecular weight excluding hydrogens is 248 g/mol. The maximum absolute atomic E-state index is 12.0. The van der Waals surface area contributed by atoms with Crippen molar-refractivity contribution in [1.82, 2.24) is 10.3 Å². The highest BCUT2D eigenvalue weighted by Crippen LogP contribution is 2.34. The Kier molecular flexibility index (Phi) is 4.79. The summed E-state index contributed by atoms with van der Waals surface area (Å²) in [5.74, 6) is 0.780. The molecule has 0 atom stereocenters. The second kappa shape index (κ2) is 6.38. The topological polar surface area (TPSA) is 42.0 Å². The number of carbonyl (C=O) groups excluding carboxylic acids is 1. The van der Waals surface area contributed by atoms with Gasteiger partial charge in [-0.3, -0.25) is 9.78 Å². The predicted molar refractivity (Wildman–Crippen MR) is 81.5 cm³/mol.